The van der Waals surface area contributed by atoms with E-state index in [1.165, 1.54) is 17.0 Å². The predicted molar refractivity (Wildman–Crippen MR) is 166 cm³/mol. The maximum absolute atomic E-state index is 14.0. The molecule has 3 aromatic rings. The summed E-state index contributed by atoms with van der Waals surface area (Å²) in [6.07, 6.45) is 0.891. The van der Waals surface area contributed by atoms with Crippen LogP contribution in [0.25, 0.3) is 0 Å². The fourth-order valence-electron chi connectivity index (χ4n) is 4.41. The van der Waals surface area contributed by atoms with Gasteiger partial charge in [0.15, 0.2) is 0 Å². The van der Waals surface area contributed by atoms with Crippen LogP contribution in [0.3, 0.4) is 0 Å². The quantitative estimate of drug-likeness (QED) is 0.253. The topological polar surface area (TPSA) is 96.0 Å². The normalized spacial score (nSPS) is 12.0. The number of carbonyl (C=O) groups is 2. The lowest BCUT2D eigenvalue weighted by molar-refractivity contribution is -0.139. The van der Waals surface area contributed by atoms with Crippen LogP contribution in [0, 0.1) is 0 Å². The lowest BCUT2D eigenvalue weighted by Gasteiger charge is -2.33. The molecule has 1 atom stereocenters. The lowest BCUT2D eigenvalue weighted by Crippen LogP contribution is -2.54. The molecule has 3 aromatic carbocycles. The largest absolute Gasteiger partial charge is 0.494 e. The molecule has 2 amide bonds. The van der Waals surface area contributed by atoms with Gasteiger partial charge in [0.25, 0.3) is 10.0 Å². The van der Waals surface area contributed by atoms with Crippen LogP contribution in [-0.2, 0) is 26.0 Å². The molecule has 0 fully saturated rings. The average Bonchev–Trinajstić information content (AvgIpc) is 2.94. The first-order chi connectivity index (χ1) is 19.6. The summed E-state index contributed by atoms with van der Waals surface area (Å²) < 4.78 is 35.2. The third-order valence-electron chi connectivity index (χ3n) is 6.42. The van der Waals surface area contributed by atoms with E-state index in [-0.39, 0.29) is 23.4 Å². The van der Waals surface area contributed by atoms with Crippen LogP contribution in [0.1, 0.15) is 39.7 Å². The Morgan fingerprint density at radius 1 is 0.927 bits per heavy atom. The van der Waals surface area contributed by atoms with Crippen molar-refractivity contribution >= 4 is 43.5 Å². The smallest absolute Gasteiger partial charge is 0.264 e. The number of benzene rings is 3. The number of nitrogens with one attached hydrogen (secondary N) is 1. The van der Waals surface area contributed by atoms with Crippen LogP contribution in [0.15, 0.2) is 88.2 Å². The zero-order chi connectivity index (χ0) is 30.0. The van der Waals surface area contributed by atoms with Gasteiger partial charge in [-0.1, -0.05) is 53.2 Å². The first-order valence-electron chi connectivity index (χ1n) is 13.7. The standard InChI is InChI=1S/C31H38BrN3O5S/c1-5-29(31(37)33-23(3)4)34(21-20-24-10-8-7-9-11-24)30(36)22-35(26-14-16-27(17-15-26)40-6-2)41(38,39)28-18-12-25(32)13-19-28/h7-19,23,29H,5-6,20-22H2,1-4H3,(H,33,37)/t29-/m0/s1. The molecule has 220 valence electrons. The number of ether oxygens (including phenoxy) is 1. The van der Waals surface area contributed by atoms with Crippen LogP contribution < -0.4 is 14.4 Å². The van der Waals surface area contributed by atoms with Gasteiger partial charge in [0.2, 0.25) is 11.8 Å². The Morgan fingerprint density at radius 2 is 1.56 bits per heavy atom. The predicted octanol–water partition coefficient (Wildman–Crippen LogP) is 5.42. The van der Waals surface area contributed by atoms with E-state index in [1.807, 2.05) is 58.0 Å². The molecular weight excluding hydrogens is 606 g/mol. The molecule has 41 heavy (non-hydrogen) atoms. The Balaban J connectivity index is 2.01. The Bertz CT molecular complexity index is 1380. The Hall–Kier alpha value is -3.37. The monoisotopic (exact) mass is 643 g/mol. The molecule has 0 aliphatic carbocycles. The number of sulfonamides is 1. The lowest BCUT2D eigenvalue weighted by atomic mass is 10.1. The SMILES string of the molecule is CCOc1ccc(N(CC(=O)N(CCc2ccccc2)[C@@H](CC)C(=O)NC(C)C)S(=O)(=O)c2ccc(Br)cc2)cc1. The van der Waals surface area contributed by atoms with Crippen LogP contribution >= 0.6 is 15.9 Å². The third-order valence-corrected chi connectivity index (χ3v) is 8.73. The van der Waals surface area contributed by atoms with E-state index in [0.717, 1.165) is 14.3 Å². The van der Waals surface area contributed by atoms with Gasteiger partial charge < -0.3 is 15.0 Å². The maximum Gasteiger partial charge on any atom is 0.264 e. The summed E-state index contributed by atoms with van der Waals surface area (Å²) in [6, 6.07) is 21.6. The average molecular weight is 645 g/mol. The highest BCUT2D eigenvalue weighted by Gasteiger charge is 2.33. The zero-order valence-electron chi connectivity index (χ0n) is 23.9. The minimum Gasteiger partial charge on any atom is -0.494 e. The molecule has 0 aliphatic heterocycles. The van der Waals surface area contributed by atoms with Crippen LogP contribution in [0.2, 0.25) is 0 Å². The van der Waals surface area contributed by atoms with Gasteiger partial charge in [-0.2, -0.15) is 0 Å². The first kappa shape index (κ1) is 32.1. The number of rotatable bonds is 14. The van der Waals surface area contributed by atoms with Crippen molar-refractivity contribution in [2.24, 2.45) is 0 Å². The van der Waals surface area contributed by atoms with E-state index in [0.29, 0.717) is 30.9 Å². The first-order valence-corrected chi connectivity index (χ1v) is 15.9. The summed E-state index contributed by atoms with van der Waals surface area (Å²) in [4.78, 5) is 28.8. The van der Waals surface area contributed by atoms with Gasteiger partial charge in [0.1, 0.15) is 18.3 Å². The van der Waals surface area contributed by atoms with Crippen molar-refractivity contribution < 1.29 is 22.7 Å². The van der Waals surface area contributed by atoms with Crippen molar-refractivity contribution in [1.29, 1.82) is 0 Å². The van der Waals surface area contributed by atoms with Crippen molar-refractivity contribution in [1.82, 2.24) is 10.2 Å². The molecule has 0 saturated carbocycles. The molecule has 0 spiro atoms. The highest BCUT2D eigenvalue weighted by Crippen LogP contribution is 2.27. The number of hydrogen-bond acceptors (Lipinski definition) is 5. The molecule has 1 N–H and O–H groups in total. The number of carbonyl (C=O) groups excluding carboxylic acids is 2. The molecule has 0 unspecified atom stereocenters. The maximum atomic E-state index is 14.0. The molecule has 0 aliphatic rings. The summed E-state index contributed by atoms with van der Waals surface area (Å²) in [7, 11) is -4.14. The second kappa shape index (κ2) is 15.0. The summed E-state index contributed by atoms with van der Waals surface area (Å²) >= 11 is 3.35. The molecule has 0 heterocycles. The summed E-state index contributed by atoms with van der Waals surface area (Å²) in [6.45, 7) is 7.66. The van der Waals surface area contributed by atoms with E-state index in [9.17, 15) is 18.0 Å². The number of halogens is 1. The van der Waals surface area contributed by atoms with Crippen LogP contribution in [0.5, 0.6) is 5.75 Å². The zero-order valence-corrected chi connectivity index (χ0v) is 26.3. The Kier molecular flexibility index (Phi) is 11.8. The van der Waals surface area contributed by atoms with Gasteiger partial charge in [-0.05, 0) is 87.7 Å². The number of nitrogens with zero attached hydrogens (tertiary/aromatic N) is 2. The summed E-state index contributed by atoms with van der Waals surface area (Å²) in [5, 5.41) is 2.91. The molecular formula is C31H38BrN3O5S. The van der Waals surface area contributed by atoms with Crippen molar-refractivity contribution in [3.05, 3.63) is 88.9 Å². The molecule has 0 bridgehead atoms. The van der Waals surface area contributed by atoms with Crippen LogP contribution in [-0.4, -0.2) is 56.9 Å². The van der Waals surface area contributed by atoms with E-state index < -0.39 is 28.5 Å². The van der Waals surface area contributed by atoms with Crippen molar-refractivity contribution in [3.63, 3.8) is 0 Å². The Labute approximate surface area is 251 Å². The van der Waals surface area contributed by atoms with Gasteiger partial charge in [-0.3, -0.25) is 13.9 Å². The van der Waals surface area contributed by atoms with E-state index in [2.05, 4.69) is 21.2 Å². The second-order valence-corrected chi connectivity index (χ2v) is 12.6. The van der Waals surface area contributed by atoms with Gasteiger partial charge >= 0.3 is 0 Å². The third kappa shape index (κ3) is 8.81. The van der Waals surface area contributed by atoms with E-state index >= 15 is 0 Å². The van der Waals surface area contributed by atoms with Crippen molar-refractivity contribution in [3.8, 4) is 5.75 Å². The Morgan fingerprint density at radius 3 is 2.12 bits per heavy atom. The molecule has 8 nitrogen and oxygen atoms in total. The highest BCUT2D eigenvalue weighted by molar-refractivity contribution is 9.10. The van der Waals surface area contributed by atoms with Crippen molar-refractivity contribution in [2.75, 3.05) is 24.0 Å². The fraction of sp³-hybridized carbons (Fsp3) is 0.355. The molecule has 0 aromatic heterocycles. The van der Waals surface area contributed by atoms with E-state index in [4.69, 9.17) is 4.74 Å². The molecule has 3 rings (SSSR count). The number of anilines is 1. The molecule has 0 radical (unpaired) electrons. The number of hydrogen-bond donors (Lipinski definition) is 1. The van der Waals surface area contributed by atoms with Crippen molar-refractivity contribution in [2.45, 2.75) is 57.5 Å². The fourth-order valence-corrected chi connectivity index (χ4v) is 6.09. The molecule has 0 saturated heterocycles. The van der Waals surface area contributed by atoms with Gasteiger partial charge in [0.05, 0.1) is 17.2 Å². The van der Waals surface area contributed by atoms with Gasteiger partial charge in [-0.25, -0.2) is 8.42 Å². The second-order valence-electron chi connectivity index (χ2n) is 9.80. The summed E-state index contributed by atoms with van der Waals surface area (Å²) in [5.74, 6) is -0.155. The highest BCUT2D eigenvalue weighted by atomic mass is 79.9. The minimum absolute atomic E-state index is 0.0443. The van der Waals surface area contributed by atoms with Gasteiger partial charge in [-0.15, -0.1) is 0 Å². The molecule has 10 heteroatoms. The summed E-state index contributed by atoms with van der Waals surface area (Å²) in [5.41, 5.74) is 1.32. The van der Waals surface area contributed by atoms with Crippen LogP contribution in [0.4, 0.5) is 5.69 Å². The van der Waals surface area contributed by atoms with Gasteiger partial charge in [0, 0.05) is 17.1 Å². The minimum atomic E-state index is -4.14. The number of amides is 2. The van der Waals surface area contributed by atoms with E-state index in [1.54, 1.807) is 36.4 Å².